The SMILES string of the molecule is O=C(CC1CCCC1)NC(=S)Nc1ccc(Cl)c([N+](=O)[O-])c1. The summed E-state index contributed by atoms with van der Waals surface area (Å²) in [6.07, 6.45) is 4.97. The first kappa shape index (κ1) is 16.6. The summed E-state index contributed by atoms with van der Waals surface area (Å²) in [6.45, 7) is 0. The number of benzene rings is 1. The van der Waals surface area contributed by atoms with Crippen molar-refractivity contribution < 1.29 is 9.72 Å². The van der Waals surface area contributed by atoms with Crippen molar-refractivity contribution in [1.82, 2.24) is 5.32 Å². The molecule has 22 heavy (non-hydrogen) atoms. The van der Waals surface area contributed by atoms with Crippen LogP contribution in [0.3, 0.4) is 0 Å². The van der Waals surface area contributed by atoms with E-state index in [1.165, 1.54) is 25.0 Å². The number of nitro benzene ring substituents is 1. The number of amides is 1. The number of carbonyl (C=O) groups excluding carboxylic acids is 1. The fraction of sp³-hybridized carbons (Fsp3) is 0.429. The zero-order valence-electron chi connectivity index (χ0n) is 11.8. The average molecular weight is 342 g/mol. The van der Waals surface area contributed by atoms with E-state index in [4.69, 9.17) is 23.8 Å². The first-order valence-electron chi connectivity index (χ1n) is 7.00. The predicted octanol–water partition coefficient (Wildman–Crippen LogP) is 3.64. The molecule has 1 aliphatic carbocycles. The van der Waals surface area contributed by atoms with Crippen LogP contribution in [0.1, 0.15) is 32.1 Å². The Balaban J connectivity index is 1.90. The van der Waals surface area contributed by atoms with Gasteiger partial charge >= 0.3 is 0 Å². The van der Waals surface area contributed by atoms with E-state index in [2.05, 4.69) is 10.6 Å². The molecule has 2 rings (SSSR count). The average Bonchev–Trinajstić information content (AvgIpc) is 2.93. The third kappa shape index (κ3) is 4.64. The highest BCUT2D eigenvalue weighted by Gasteiger charge is 2.19. The quantitative estimate of drug-likeness (QED) is 0.496. The van der Waals surface area contributed by atoms with Crippen LogP contribution in [0, 0.1) is 16.0 Å². The zero-order valence-corrected chi connectivity index (χ0v) is 13.4. The second-order valence-electron chi connectivity index (χ2n) is 5.28. The molecule has 118 valence electrons. The van der Waals surface area contributed by atoms with Gasteiger partial charge in [0.1, 0.15) is 5.02 Å². The van der Waals surface area contributed by atoms with E-state index < -0.39 is 4.92 Å². The molecule has 0 atom stereocenters. The number of anilines is 1. The van der Waals surface area contributed by atoms with Gasteiger partial charge in [0, 0.05) is 18.2 Å². The smallest absolute Gasteiger partial charge is 0.289 e. The minimum atomic E-state index is -0.574. The fourth-order valence-corrected chi connectivity index (χ4v) is 2.97. The van der Waals surface area contributed by atoms with Crippen molar-refractivity contribution in [3.63, 3.8) is 0 Å². The van der Waals surface area contributed by atoms with Gasteiger partial charge in [-0.05, 0) is 43.1 Å². The molecular weight excluding hydrogens is 326 g/mol. The van der Waals surface area contributed by atoms with Crippen LogP contribution in [-0.2, 0) is 4.79 Å². The lowest BCUT2D eigenvalue weighted by molar-refractivity contribution is -0.384. The van der Waals surface area contributed by atoms with Crippen molar-refractivity contribution in [2.75, 3.05) is 5.32 Å². The Bertz CT molecular complexity index is 603. The molecule has 0 heterocycles. The van der Waals surface area contributed by atoms with Crippen molar-refractivity contribution in [3.05, 3.63) is 33.3 Å². The number of hydrogen-bond acceptors (Lipinski definition) is 4. The third-order valence-corrected chi connectivity index (χ3v) is 4.13. The van der Waals surface area contributed by atoms with Crippen LogP contribution in [0.5, 0.6) is 0 Å². The van der Waals surface area contributed by atoms with Crippen molar-refractivity contribution in [2.45, 2.75) is 32.1 Å². The summed E-state index contributed by atoms with van der Waals surface area (Å²) >= 11 is 10.8. The van der Waals surface area contributed by atoms with Crippen molar-refractivity contribution >= 4 is 46.2 Å². The number of carbonyl (C=O) groups is 1. The molecule has 1 aromatic rings. The number of nitrogens with one attached hydrogen (secondary N) is 2. The minimum Gasteiger partial charge on any atom is -0.332 e. The first-order chi connectivity index (χ1) is 10.5. The molecular formula is C14H16ClN3O3S. The van der Waals surface area contributed by atoms with E-state index in [9.17, 15) is 14.9 Å². The van der Waals surface area contributed by atoms with Crippen molar-refractivity contribution in [2.24, 2.45) is 5.92 Å². The van der Waals surface area contributed by atoms with Gasteiger partial charge in [0.25, 0.3) is 5.69 Å². The molecule has 0 aliphatic heterocycles. The first-order valence-corrected chi connectivity index (χ1v) is 7.79. The van der Waals surface area contributed by atoms with Crippen LogP contribution in [-0.4, -0.2) is 15.9 Å². The molecule has 1 aromatic carbocycles. The van der Waals surface area contributed by atoms with Gasteiger partial charge in [0.15, 0.2) is 5.11 Å². The highest BCUT2D eigenvalue weighted by atomic mass is 35.5. The maximum absolute atomic E-state index is 11.9. The normalized spacial score (nSPS) is 14.6. The van der Waals surface area contributed by atoms with Gasteiger partial charge in [0.05, 0.1) is 4.92 Å². The van der Waals surface area contributed by atoms with Gasteiger partial charge < -0.3 is 10.6 Å². The van der Waals surface area contributed by atoms with Crippen molar-refractivity contribution in [1.29, 1.82) is 0 Å². The van der Waals surface area contributed by atoms with Crippen LogP contribution in [0.2, 0.25) is 5.02 Å². The second-order valence-corrected chi connectivity index (χ2v) is 6.10. The lowest BCUT2D eigenvalue weighted by atomic mass is 10.0. The van der Waals surface area contributed by atoms with Crippen LogP contribution < -0.4 is 10.6 Å². The Morgan fingerprint density at radius 3 is 2.73 bits per heavy atom. The van der Waals surface area contributed by atoms with Gasteiger partial charge in [-0.2, -0.15) is 0 Å². The molecule has 0 radical (unpaired) electrons. The molecule has 1 saturated carbocycles. The Morgan fingerprint density at radius 2 is 2.09 bits per heavy atom. The van der Waals surface area contributed by atoms with Gasteiger partial charge in [-0.15, -0.1) is 0 Å². The van der Waals surface area contributed by atoms with Crippen molar-refractivity contribution in [3.8, 4) is 0 Å². The van der Waals surface area contributed by atoms with E-state index in [1.54, 1.807) is 6.07 Å². The largest absolute Gasteiger partial charge is 0.332 e. The lowest BCUT2D eigenvalue weighted by Gasteiger charge is -2.12. The number of nitrogens with zero attached hydrogens (tertiary/aromatic N) is 1. The Morgan fingerprint density at radius 1 is 1.41 bits per heavy atom. The second kappa shape index (κ2) is 7.51. The lowest BCUT2D eigenvalue weighted by Crippen LogP contribution is -2.34. The van der Waals surface area contributed by atoms with Crippen LogP contribution in [0.4, 0.5) is 11.4 Å². The summed E-state index contributed by atoms with van der Waals surface area (Å²) in [4.78, 5) is 22.1. The molecule has 1 fully saturated rings. The molecule has 0 saturated heterocycles. The molecule has 6 nitrogen and oxygen atoms in total. The molecule has 0 unspecified atom stereocenters. The summed E-state index contributed by atoms with van der Waals surface area (Å²) in [5.74, 6) is 0.298. The molecule has 8 heteroatoms. The Labute approximate surface area is 138 Å². The topological polar surface area (TPSA) is 84.3 Å². The number of rotatable bonds is 4. The zero-order chi connectivity index (χ0) is 16.1. The number of hydrogen-bond donors (Lipinski definition) is 2. The summed E-state index contributed by atoms with van der Waals surface area (Å²) < 4.78 is 0. The van der Waals surface area contributed by atoms with Crippen LogP contribution in [0.25, 0.3) is 0 Å². The molecule has 1 amide bonds. The van der Waals surface area contributed by atoms with E-state index in [0.717, 1.165) is 12.8 Å². The number of nitro groups is 1. The van der Waals surface area contributed by atoms with Crippen LogP contribution in [0.15, 0.2) is 18.2 Å². The summed E-state index contributed by atoms with van der Waals surface area (Å²) in [5.41, 5.74) is 0.189. The molecule has 1 aliphatic rings. The van der Waals surface area contributed by atoms with Gasteiger partial charge in [-0.25, -0.2) is 0 Å². The van der Waals surface area contributed by atoms with Gasteiger partial charge in [-0.1, -0.05) is 24.4 Å². The summed E-state index contributed by atoms with van der Waals surface area (Å²) in [5, 5.41) is 16.3. The monoisotopic (exact) mass is 341 g/mol. The summed E-state index contributed by atoms with van der Waals surface area (Å²) in [6, 6.07) is 4.24. The van der Waals surface area contributed by atoms with Gasteiger partial charge in [-0.3, -0.25) is 14.9 Å². The van der Waals surface area contributed by atoms with Gasteiger partial charge in [0.2, 0.25) is 5.91 Å². The molecule has 2 N–H and O–H groups in total. The Hall–Kier alpha value is -1.73. The van der Waals surface area contributed by atoms with E-state index in [-0.39, 0.29) is 21.7 Å². The number of halogens is 1. The standard InChI is InChI=1S/C14H16ClN3O3S/c15-11-6-5-10(8-12(11)18(20)21)16-14(22)17-13(19)7-9-3-1-2-4-9/h5-6,8-9H,1-4,7H2,(H2,16,17,19,22). The highest BCUT2D eigenvalue weighted by molar-refractivity contribution is 7.80. The van der Waals surface area contributed by atoms with E-state index >= 15 is 0 Å². The number of thiocarbonyl (C=S) groups is 1. The molecule has 0 spiro atoms. The Kier molecular flexibility index (Phi) is 5.68. The van der Waals surface area contributed by atoms with E-state index in [0.29, 0.717) is 18.0 Å². The predicted molar refractivity (Wildman–Crippen MR) is 89.0 cm³/mol. The third-order valence-electron chi connectivity index (χ3n) is 3.60. The molecule has 0 aromatic heterocycles. The molecule has 0 bridgehead atoms. The maximum Gasteiger partial charge on any atom is 0.289 e. The van der Waals surface area contributed by atoms with Crippen LogP contribution >= 0.6 is 23.8 Å². The highest BCUT2D eigenvalue weighted by Crippen LogP contribution is 2.28. The van der Waals surface area contributed by atoms with E-state index in [1.807, 2.05) is 0 Å². The summed E-state index contributed by atoms with van der Waals surface area (Å²) in [7, 11) is 0. The fourth-order valence-electron chi connectivity index (χ4n) is 2.55. The minimum absolute atomic E-state index is 0.0479. The maximum atomic E-state index is 11.9.